The van der Waals surface area contributed by atoms with Crippen LogP contribution in [0.1, 0.15) is 44.0 Å². The Morgan fingerprint density at radius 2 is 1.86 bits per heavy atom. The number of urea groups is 1. The number of hydrogen-bond donors (Lipinski definition) is 4. The number of phenols is 1. The molecular formula is C15H22N2O4. The van der Waals surface area contributed by atoms with Gasteiger partial charge in [-0.3, -0.25) is 0 Å². The van der Waals surface area contributed by atoms with Gasteiger partial charge in [0.1, 0.15) is 5.75 Å². The van der Waals surface area contributed by atoms with Crippen LogP contribution in [0.15, 0.2) is 18.2 Å². The average Bonchev–Trinajstić information content (AvgIpc) is 2.42. The first-order valence-corrected chi connectivity index (χ1v) is 7.02. The van der Waals surface area contributed by atoms with E-state index in [0.29, 0.717) is 5.92 Å². The van der Waals surface area contributed by atoms with Crippen molar-refractivity contribution in [3.63, 3.8) is 0 Å². The first kappa shape index (κ1) is 16.8. The molecule has 0 aliphatic rings. The van der Waals surface area contributed by atoms with Gasteiger partial charge in [-0.25, -0.2) is 9.59 Å². The fourth-order valence-corrected chi connectivity index (χ4v) is 2.25. The summed E-state index contributed by atoms with van der Waals surface area (Å²) in [6.07, 6.45) is 1.94. The molecule has 1 rings (SSSR count). The van der Waals surface area contributed by atoms with E-state index < -0.39 is 12.0 Å². The van der Waals surface area contributed by atoms with Crippen molar-refractivity contribution in [3.8, 4) is 5.75 Å². The summed E-state index contributed by atoms with van der Waals surface area (Å²) in [6.45, 7) is 6.08. The van der Waals surface area contributed by atoms with Crippen LogP contribution in [0.25, 0.3) is 0 Å². The molecule has 1 unspecified atom stereocenters. The van der Waals surface area contributed by atoms with Crippen molar-refractivity contribution in [3.05, 3.63) is 23.8 Å². The molecule has 4 N–H and O–H groups in total. The van der Waals surface area contributed by atoms with Gasteiger partial charge >= 0.3 is 12.0 Å². The molecule has 0 saturated heterocycles. The zero-order valence-electron chi connectivity index (χ0n) is 12.5. The number of carbonyl (C=O) groups excluding carboxylic acids is 1. The van der Waals surface area contributed by atoms with Crippen LogP contribution in [0.5, 0.6) is 5.75 Å². The van der Waals surface area contributed by atoms with Crippen LogP contribution < -0.4 is 10.6 Å². The Morgan fingerprint density at radius 1 is 1.24 bits per heavy atom. The lowest BCUT2D eigenvalue weighted by Crippen LogP contribution is -2.40. The molecule has 0 saturated carbocycles. The van der Waals surface area contributed by atoms with Crippen molar-refractivity contribution in [1.82, 2.24) is 5.32 Å². The van der Waals surface area contributed by atoms with Crippen LogP contribution >= 0.6 is 0 Å². The summed E-state index contributed by atoms with van der Waals surface area (Å²) in [5.74, 6) is -1.03. The minimum Gasteiger partial charge on any atom is -0.506 e. The first-order valence-electron chi connectivity index (χ1n) is 7.02. The van der Waals surface area contributed by atoms with Gasteiger partial charge in [-0.2, -0.15) is 0 Å². The third kappa shape index (κ3) is 4.66. The predicted octanol–water partition coefficient (Wildman–Crippen LogP) is 3.04. The number of carbonyl (C=O) groups is 2. The maximum atomic E-state index is 11.9. The molecule has 0 aliphatic heterocycles. The number of carboxylic acids is 1. The molecule has 116 valence electrons. The SMILES string of the molecule is CCC(CC)C(C)NC(=O)Nc1ccc(C(=O)O)cc1O. The number of nitrogens with one attached hydrogen (secondary N) is 2. The Balaban J connectivity index is 2.69. The lowest BCUT2D eigenvalue weighted by molar-refractivity contribution is 0.0696. The van der Waals surface area contributed by atoms with E-state index in [1.54, 1.807) is 0 Å². The van der Waals surface area contributed by atoms with E-state index in [-0.39, 0.29) is 23.0 Å². The number of benzene rings is 1. The van der Waals surface area contributed by atoms with Gasteiger partial charge < -0.3 is 20.8 Å². The maximum Gasteiger partial charge on any atom is 0.335 e. The van der Waals surface area contributed by atoms with Gasteiger partial charge in [-0.15, -0.1) is 0 Å². The monoisotopic (exact) mass is 294 g/mol. The average molecular weight is 294 g/mol. The molecule has 6 heteroatoms. The zero-order valence-corrected chi connectivity index (χ0v) is 12.5. The molecule has 0 bridgehead atoms. The van der Waals surface area contributed by atoms with E-state index in [2.05, 4.69) is 24.5 Å². The Morgan fingerprint density at radius 3 is 2.33 bits per heavy atom. The highest BCUT2D eigenvalue weighted by Gasteiger charge is 2.16. The Labute approximate surface area is 124 Å². The normalized spacial score (nSPS) is 12.0. The summed E-state index contributed by atoms with van der Waals surface area (Å²) in [4.78, 5) is 22.6. The Kier molecular flexibility index (Phi) is 6.02. The van der Waals surface area contributed by atoms with Gasteiger partial charge in [0, 0.05) is 6.04 Å². The number of aromatic carboxylic acids is 1. The van der Waals surface area contributed by atoms with E-state index in [1.807, 2.05) is 6.92 Å². The Bertz CT molecular complexity index is 512. The molecular weight excluding hydrogens is 272 g/mol. The topological polar surface area (TPSA) is 98.7 Å². The summed E-state index contributed by atoms with van der Waals surface area (Å²) in [6, 6.07) is 3.37. The number of carboxylic acid groups (broad SMARTS) is 1. The maximum absolute atomic E-state index is 11.9. The second kappa shape index (κ2) is 7.52. The van der Waals surface area contributed by atoms with Gasteiger partial charge in [-0.05, 0) is 31.0 Å². The molecule has 0 spiro atoms. The molecule has 0 aliphatic carbocycles. The highest BCUT2D eigenvalue weighted by molar-refractivity contribution is 5.93. The quantitative estimate of drug-likeness (QED) is 0.606. The number of rotatable bonds is 6. The van der Waals surface area contributed by atoms with Crippen molar-refractivity contribution in [1.29, 1.82) is 0 Å². The Hall–Kier alpha value is -2.24. The van der Waals surface area contributed by atoms with Gasteiger partial charge in [0.05, 0.1) is 11.3 Å². The predicted molar refractivity (Wildman–Crippen MR) is 80.8 cm³/mol. The van der Waals surface area contributed by atoms with Crippen molar-refractivity contribution >= 4 is 17.7 Å². The lowest BCUT2D eigenvalue weighted by Gasteiger charge is -2.22. The van der Waals surface area contributed by atoms with Crippen molar-refractivity contribution in [2.45, 2.75) is 39.7 Å². The van der Waals surface area contributed by atoms with Crippen molar-refractivity contribution < 1.29 is 19.8 Å². The number of aromatic hydroxyl groups is 1. The molecule has 1 aromatic rings. The molecule has 2 amide bonds. The molecule has 6 nitrogen and oxygen atoms in total. The molecule has 0 fully saturated rings. The number of hydrogen-bond acceptors (Lipinski definition) is 3. The third-order valence-corrected chi connectivity index (χ3v) is 3.61. The van der Waals surface area contributed by atoms with Crippen molar-refractivity contribution in [2.75, 3.05) is 5.32 Å². The second-order valence-corrected chi connectivity index (χ2v) is 5.00. The highest BCUT2D eigenvalue weighted by Crippen LogP contribution is 2.24. The molecule has 1 atom stereocenters. The van der Waals surface area contributed by atoms with Gasteiger partial charge in [0.2, 0.25) is 0 Å². The van der Waals surface area contributed by atoms with Gasteiger partial charge in [0.25, 0.3) is 0 Å². The smallest absolute Gasteiger partial charge is 0.335 e. The highest BCUT2D eigenvalue weighted by atomic mass is 16.4. The third-order valence-electron chi connectivity index (χ3n) is 3.61. The summed E-state index contributed by atoms with van der Waals surface area (Å²) >= 11 is 0. The van der Waals surface area contributed by atoms with Crippen LogP contribution in [0.2, 0.25) is 0 Å². The summed E-state index contributed by atoms with van der Waals surface area (Å²) in [7, 11) is 0. The molecule has 0 aromatic heterocycles. The van der Waals surface area contributed by atoms with E-state index in [1.165, 1.54) is 12.1 Å². The molecule has 21 heavy (non-hydrogen) atoms. The molecule has 0 radical (unpaired) electrons. The van der Waals surface area contributed by atoms with E-state index in [4.69, 9.17) is 5.11 Å². The van der Waals surface area contributed by atoms with Crippen LogP contribution in [0.4, 0.5) is 10.5 Å². The minimum absolute atomic E-state index is 0.0143. The van der Waals surface area contributed by atoms with E-state index in [9.17, 15) is 14.7 Å². The van der Waals surface area contributed by atoms with Gasteiger partial charge in [0.15, 0.2) is 0 Å². The first-order chi connectivity index (χ1) is 9.88. The molecule has 1 aromatic carbocycles. The summed E-state index contributed by atoms with van der Waals surface area (Å²) in [5.41, 5.74) is 0.137. The number of phenolic OH excluding ortho intramolecular Hbond substituents is 1. The van der Waals surface area contributed by atoms with Crippen LogP contribution in [-0.4, -0.2) is 28.3 Å². The van der Waals surface area contributed by atoms with E-state index in [0.717, 1.165) is 18.9 Å². The standard InChI is InChI=1S/C15H22N2O4/c1-4-10(5-2)9(3)16-15(21)17-12-7-6-11(14(19)20)8-13(12)18/h6-10,18H,4-5H2,1-3H3,(H,19,20)(H2,16,17,21). The van der Waals surface area contributed by atoms with Crippen LogP contribution in [0.3, 0.4) is 0 Å². The summed E-state index contributed by atoms with van der Waals surface area (Å²) < 4.78 is 0. The zero-order chi connectivity index (χ0) is 16.0. The second-order valence-electron chi connectivity index (χ2n) is 5.00. The summed E-state index contributed by atoms with van der Waals surface area (Å²) in [5, 5.41) is 23.9. The van der Waals surface area contributed by atoms with Crippen LogP contribution in [-0.2, 0) is 0 Å². The fourth-order valence-electron chi connectivity index (χ4n) is 2.25. The lowest BCUT2D eigenvalue weighted by atomic mass is 9.96. The number of anilines is 1. The van der Waals surface area contributed by atoms with Gasteiger partial charge in [-0.1, -0.05) is 26.7 Å². The minimum atomic E-state index is -1.14. The van der Waals surface area contributed by atoms with Crippen molar-refractivity contribution in [2.24, 2.45) is 5.92 Å². The van der Waals surface area contributed by atoms with Crippen LogP contribution in [0, 0.1) is 5.92 Å². The van der Waals surface area contributed by atoms with E-state index >= 15 is 0 Å². The molecule has 0 heterocycles. The number of amides is 2. The fraction of sp³-hybridized carbons (Fsp3) is 0.467. The largest absolute Gasteiger partial charge is 0.506 e.